The molecule has 0 unspecified atom stereocenters. The molecule has 0 fully saturated rings. The van der Waals surface area contributed by atoms with Crippen LogP contribution in [0.1, 0.15) is 35.6 Å². The Morgan fingerprint density at radius 3 is 2.57 bits per heavy atom. The van der Waals surface area contributed by atoms with Crippen LogP contribution < -0.4 is 0 Å². The normalized spacial score (nSPS) is 10.6. The van der Waals surface area contributed by atoms with Gasteiger partial charge in [-0.05, 0) is 42.8 Å². The minimum atomic E-state index is -1.30. The molecule has 21 heavy (non-hydrogen) atoms. The van der Waals surface area contributed by atoms with Crippen LogP contribution in [0.5, 0.6) is 0 Å². The molecular formula is C14H14FN3O2S. The smallest absolute Gasteiger partial charge is 0.338 e. The highest BCUT2D eigenvalue weighted by molar-refractivity contribution is 7.99. The van der Waals surface area contributed by atoms with Crippen molar-refractivity contribution in [1.82, 2.24) is 15.2 Å². The molecule has 0 spiro atoms. The van der Waals surface area contributed by atoms with Gasteiger partial charge in [0, 0.05) is 4.90 Å². The van der Waals surface area contributed by atoms with E-state index >= 15 is 0 Å². The maximum Gasteiger partial charge on any atom is 0.338 e. The number of aromatic nitrogens is 3. The first kappa shape index (κ1) is 15.4. The fourth-order valence-electron chi connectivity index (χ4n) is 1.80. The SMILES string of the molecule is CCc1nnc(Sc2ccc(F)c(C(=O)O)c2)nc1CC. The number of carbonyl (C=O) groups is 1. The standard InChI is InChI=1S/C14H14FN3O2S/c1-3-11-12(4-2)17-18-14(16-11)21-8-5-6-10(15)9(7-8)13(19)20/h5-7H,3-4H2,1-2H3,(H,19,20). The summed E-state index contributed by atoms with van der Waals surface area (Å²) < 4.78 is 13.3. The second kappa shape index (κ2) is 6.62. The van der Waals surface area contributed by atoms with Gasteiger partial charge in [-0.2, -0.15) is 5.10 Å². The van der Waals surface area contributed by atoms with Crippen LogP contribution in [0.4, 0.5) is 4.39 Å². The average molecular weight is 307 g/mol. The number of aryl methyl sites for hydroxylation is 2. The van der Waals surface area contributed by atoms with Gasteiger partial charge in [0.05, 0.1) is 17.0 Å². The third-order valence-electron chi connectivity index (χ3n) is 2.87. The van der Waals surface area contributed by atoms with Crippen LogP contribution in [-0.2, 0) is 12.8 Å². The second-order valence-electron chi connectivity index (χ2n) is 4.24. The molecule has 5 nitrogen and oxygen atoms in total. The van der Waals surface area contributed by atoms with E-state index in [2.05, 4.69) is 15.2 Å². The van der Waals surface area contributed by atoms with Crippen molar-refractivity contribution in [2.24, 2.45) is 0 Å². The number of carboxylic acid groups (broad SMARTS) is 1. The number of rotatable bonds is 5. The first-order chi connectivity index (χ1) is 10.0. The quantitative estimate of drug-likeness (QED) is 0.915. The third kappa shape index (κ3) is 3.55. The van der Waals surface area contributed by atoms with Crippen molar-refractivity contribution < 1.29 is 14.3 Å². The number of carboxylic acids is 1. The Labute approximate surface area is 125 Å². The van der Waals surface area contributed by atoms with E-state index in [9.17, 15) is 9.18 Å². The lowest BCUT2D eigenvalue weighted by molar-refractivity contribution is 0.0691. The number of nitrogens with zero attached hydrogens (tertiary/aromatic N) is 3. The van der Waals surface area contributed by atoms with Crippen LogP contribution in [0.25, 0.3) is 0 Å². The molecule has 1 N–H and O–H groups in total. The molecule has 0 saturated heterocycles. The van der Waals surface area contributed by atoms with Crippen molar-refractivity contribution in [3.8, 4) is 0 Å². The summed E-state index contributed by atoms with van der Waals surface area (Å²) in [6, 6.07) is 3.89. The van der Waals surface area contributed by atoms with Gasteiger partial charge in [0.2, 0.25) is 5.16 Å². The molecule has 110 valence electrons. The van der Waals surface area contributed by atoms with Gasteiger partial charge in [-0.15, -0.1) is 5.10 Å². The molecule has 0 bridgehead atoms. The Bertz CT molecular complexity index is 679. The lowest BCUT2D eigenvalue weighted by Gasteiger charge is -2.06. The Morgan fingerprint density at radius 2 is 1.95 bits per heavy atom. The van der Waals surface area contributed by atoms with Crippen LogP contribution in [0.15, 0.2) is 28.3 Å². The van der Waals surface area contributed by atoms with E-state index in [1.165, 1.54) is 12.1 Å². The molecule has 7 heteroatoms. The molecular weight excluding hydrogens is 293 g/mol. The molecule has 0 saturated carbocycles. The van der Waals surface area contributed by atoms with E-state index < -0.39 is 11.8 Å². The fourth-order valence-corrected chi connectivity index (χ4v) is 2.56. The zero-order valence-corrected chi connectivity index (χ0v) is 12.4. The number of hydrogen-bond donors (Lipinski definition) is 1. The number of aromatic carboxylic acids is 1. The summed E-state index contributed by atoms with van der Waals surface area (Å²) in [5.41, 5.74) is 1.36. The van der Waals surface area contributed by atoms with Crippen LogP contribution in [-0.4, -0.2) is 26.3 Å². The van der Waals surface area contributed by atoms with Crippen molar-refractivity contribution in [1.29, 1.82) is 0 Å². The summed E-state index contributed by atoms with van der Waals surface area (Å²) in [6.45, 7) is 3.97. The van der Waals surface area contributed by atoms with Gasteiger partial charge in [0.25, 0.3) is 0 Å². The van der Waals surface area contributed by atoms with E-state index in [4.69, 9.17) is 5.11 Å². The molecule has 0 aliphatic rings. The molecule has 1 aromatic heterocycles. The minimum Gasteiger partial charge on any atom is -0.478 e. The van der Waals surface area contributed by atoms with Crippen LogP contribution in [0.2, 0.25) is 0 Å². The zero-order valence-electron chi connectivity index (χ0n) is 11.6. The minimum absolute atomic E-state index is 0.367. The molecule has 2 rings (SSSR count). The van der Waals surface area contributed by atoms with Crippen molar-refractivity contribution in [2.45, 2.75) is 36.7 Å². The van der Waals surface area contributed by atoms with E-state index in [1.54, 1.807) is 0 Å². The summed E-state index contributed by atoms with van der Waals surface area (Å²) in [4.78, 5) is 15.9. The lowest BCUT2D eigenvalue weighted by atomic mass is 10.2. The van der Waals surface area contributed by atoms with E-state index in [0.717, 1.165) is 42.1 Å². The maximum absolute atomic E-state index is 13.3. The van der Waals surface area contributed by atoms with Crippen LogP contribution in [0.3, 0.4) is 0 Å². The summed E-state index contributed by atoms with van der Waals surface area (Å²) in [7, 11) is 0. The van der Waals surface area contributed by atoms with Crippen molar-refractivity contribution >= 4 is 17.7 Å². The van der Waals surface area contributed by atoms with E-state index in [0.29, 0.717) is 10.1 Å². The predicted molar refractivity (Wildman–Crippen MR) is 76.1 cm³/mol. The van der Waals surface area contributed by atoms with Gasteiger partial charge in [-0.25, -0.2) is 14.2 Å². The molecule has 2 aromatic rings. The Kier molecular flexibility index (Phi) is 4.85. The van der Waals surface area contributed by atoms with Gasteiger partial charge < -0.3 is 5.11 Å². The molecule has 1 heterocycles. The summed E-state index contributed by atoms with van der Waals surface area (Å²) in [6.07, 6.45) is 1.50. The van der Waals surface area contributed by atoms with Crippen LogP contribution >= 0.6 is 11.8 Å². The maximum atomic E-state index is 13.3. The molecule has 0 aliphatic carbocycles. The average Bonchev–Trinajstić information content (AvgIpc) is 2.48. The Morgan fingerprint density at radius 1 is 1.24 bits per heavy atom. The third-order valence-corrected chi connectivity index (χ3v) is 3.71. The van der Waals surface area contributed by atoms with Crippen molar-refractivity contribution in [3.63, 3.8) is 0 Å². The van der Waals surface area contributed by atoms with E-state index in [1.807, 2.05) is 13.8 Å². The summed E-state index contributed by atoms with van der Waals surface area (Å²) in [5.74, 6) is -2.06. The summed E-state index contributed by atoms with van der Waals surface area (Å²) >= 11 is 1.16. The molecule has 0 radical (unpaired) electrons. The molecule has 0 atom stereocenters. The Balaban J connectivity index is 2.30. The van der Waals surface area contributed by atoms with Gasteiger partial charge in [0.15, 0.2) is 0 Å². The fraction of sp³-hybridized carbons (Fsp3) is 0.286. The molecule has 0 aliphatic heterocycles. The number of hydrogen-bond acceptors (Lipinski definition) is 5. The highest BCUT2D eigenvalue weighted by Gasteiger charge is 2.13. The number of benzene rings is 1. The highest BCUT2D eigenvalue weighted by Crippen LogP contribution is 2.26. The van der Waals surface area contributed by atoms with E-state index in [-0.39, 0.29) is 5.56 Å². The monoisotopic (exact) mass is 307 g/mol. The Hall–Kier alpha value is -2.02. The topological polar surface area (TPSA) is 76.0 Å². The first-order valence-electron chi connectivity index (χ1n) is 6.48. The van der Waals surface area contributed by atoms with Crippen molar-refractivity contribution in [2.75, 3.05) is 0 Å². The van der Waals surface area contributed by atoms with Gasteiger partial charge in [-0.3, -0.25) is 0 Å². The molecule has 0 amide bonds. The largest absolute Gasteiger partial charge is 0.478 e. The number of halogens is 1. The lowest BCUT2D eigenvalue weighted by Crippen LogP contribution is -2.04. The summed E-state index contributed by atoms with van der Waals surface area (Å²) in [5, 5.41) is 17.5. The highest BCUT2D eigenvalue weighted by atomic mass is 32.2. The van der Waals surface area contributed by atoms with Crippen molar-refractivity contribution in [3.05, 3.63) is 41.0 Å². The molecule has 1 aromatic carbocycles. The predicted octanol–water partition coefficient (Wildman–Crippen LogP) is 2.98. The zero-order chi connectivity index (χ0) is 15.4. The van der Waals surface area contributed by atoms with Gasteiger partial charge >= 0.3 is 5.97 Å². The second-order valence-corrected chi connectivity index (χ2v) is 5.28. The van der Waals surface area contributed by atoms with Crippen LogP contribution in [0, 0.1) is 5.82 Å². The van der Waals surface area contributed by atoms with Gasteiger partial charge in [-0.1, -0.05) is 13.8 Å². The first-order valence-corrected chi connectivity index (χ1v) is 7.30. The van der Waals surface area contributed by atoms with Gasteiger partial charge in [0.1, 0.15) is 5.82 Å².